The molecular weight excluding hydrogens is 421 g/mol. The molecule has 0 spiro atoms. The number of benzene rings is 1. The van der Waals surface area contributed by atoms with Gasteiger partial charge in [0.1, 0.15) is 5.82 Å². The van der Waals surface area contributed by atoms with Crippen molar-refractivity contribution in [2.75, 3.05) is 36.6 Å². The third-order valence-electron chi connectivity index (χ3n) is 5.62. The van der Waals surface area contributed by atoms with Gasteiger partial charge in [0.15, 0.2) is 0 Å². The summed E-state index contributed by atoms with van der Waals surface area (Å²) in [6.07, 6.45) is -0.997. The van der Waals surface area contributed by atoms with Gasteiger partial charge in [-0.2, -0.15) is 18.2 Å². The van der Waals surface area contributed by atoms with Gasteiger partial charge in [-0.3, -0.25) is 4.98 Å². The van der Waals surface area contributed by atoms with Crippen molar-refractivity contribution in [3.8, 4) is 0 Å². The van der Waals surface area contributed by atoms with E-state index in [0.717, 1.165) is 36.1 Å². The largest absolute Gasteiger partial charge is 0.416 e. The number of ether oxygens (including phenoxy) is 1. The molecule has 2 aromatic heterocycles. The summed E-state index contributed by atoms with van der Waals surface area (Å²) in [5.74, 6) is 1.18. The zero-order chi connectivity index (χ0) is 22.9. The van der Waals surface area contributed by atoms with Crippen LogP contribution in [0.2, 0.25) is 0 Å². The molecule has 1 unspecified atom stereocenters. The van der Waals surface area contributed by atoms with E-state index in [9.17, 15) is 13.2 Å². The molecule has 1 atom stereocenters. The average Bonchev–Trinajstić information content (AvgIpc) is 2.78. The van der Waals surface area contributed by atoms with E-state index in [0.29, 0.717) is 36.1 Å². The first-order chi connectivity index (χ1) is 15.2. The molecule has 0 aliphatic carbocycles. The minimum absolute atomic E-state index is 0.0536. The van der Waals surface area contributed by atoms with E-state index < -0.39 is 17.8 Å². The highest BCUT2D eigenvalue weighted by Crippen LogP contribution is 2.35. The monoisotopic (exact) mass is 446 g/mol. The normalized spacial score (nSPS) is 16.2. The molecule has 0 saturated carbocycles. The van der Waals surface area contributed by atoms with Gasteiger partial charge in [0.2, 0.25) is 5.95 Å². The first kappa shape index (κ1) is 22.1. The van der Waals surface area contributed by atoms with Crippen LogP contribution in [0.15, 0.2) is 30.5 Å². The number of halogens is 3. The quantitative estimate of drug-likeness (QED) is 0.487. The fourth-order valence-electron chi connectivity index (χ4n) is 3.87. The molecule has 1 saturated heterocycles. The minimum atomic E-state index is -4.48. The van der Waals surface area contributed by atoms with Gasteiger partial charge in [0.05, 0.1) is 23.3 Å². The second kappa shape index (κ2) is 8.78. The predicted octanol–water partition coefficient (Wildman–Crippen LogP) is 4.73. The van der Waals surface area contributed by atoms with E-state index in [-0.39, 0.29) is 11.6 Å². The molecule has 0 amide bonds. The maximum Gasteiger partial charge on any atom is 0.416 e. The lowest BCUT2D eigenvalue weighted by atomic mass is 9.95. The summed E-state index contributed by atoms with van der Waals surface area (Å²) in [4.78, 5) is 13.6. The van der Waals surface area contributed by atoms with Crippen LogP contribution in [-0.4, -0.2) is 35.2 Å². The number of nitrogens with one attached hydrogen (secondary N) is 2. The van der Waals surface area contributed by atoms with Crippen molar-refractivity contribution in [1.29, 1.82) is 0 Å². The van der Waals surface area contributed by atoms with E-state index >= 15 is 0 Å². The van der Waals surface area contributed by atoms with E-state index in [4.69, 9.17) is 10.5 Å². The Morgan fingerprint density at radius 1 is 1.12 bits per heavy atom. The Labute approximate surface area is 183 Å². The van der Waals surface area contributed by atoms with E-state index in [1.807, 2.05) is 6.07 Å². The number of hydrogen-bond donors (Lipinski definition) is 3. The number of anilines is 3. The number of pyridine rings is 1. The first-order valence-electron chi connectivity index (χ1n) is 10.4. The van der Waals surface area contributed by atoms with Gasteiger partial charge in [-0.05, 0) is 49.6 Å². The Morgan fingerprint density at radius 2 is 1.88 bits per heavy atom. The fourth-order valence-corrected chi connectivity index (χ4v) is 3.87. The summed E-state index contributed by atoms with van der Waals surface area (Å²) < 4.78 is 45.2. The Hall–Kier alpha value is -3.14. The standard InChI is InChI=1S/C22H25F3N6O/c1-12(14-7-15(22(23,24)25)9-16(26)8-14)29-20-17-10-18(13-3-5-32-6-4-13)28-11-19(17)30-21(27-2)31-20/h7-13H,3-6,26H2,1-2H3,(H2,27,29,30,31). The predicted molar refractivity (Wildman–Crippen MR) is 118 cm³/mol. The smallest absolute Gasteiger partial charge is 0.399 e. The van der Waals surface area contributed by atoms with Crippen molar-refractivity contribution in [1.82, 2.24) is 15.0 Å². The van der Waals surface area contributed by atoms with Crippen molar-refractivity contribution in [3.63, 3.8) is 0 Å². The molecule has 0 bridgehead atoms. The first-order valence-corrected chi connectivity index (χ1v) is 10.4. The van der Waals surface area contributed by atoms with Gasteiger partial charge in [0.25, 0.3) is 0 Å². The molecule has 10 heteroatoms. The van der Waals surface area contributed by atoms with Crippen LogP contribution in [0.5, 0.6) is 0 Å². The third-order valence-corrected chi connectivity index (χ3v) is 5.62. The second-order valence-electron chi connectivity index (χ2n) is 7.91. The molecule has 32 heavy (non-hydrogen) atoms. The van der Waals surface area contributed by atoms with Crippen molar-refractivity contribution >= 4 is 28.4 Å². The maximum atomic E-state index is 13.2. The summed E-state index contributed by atoms with van der Waals surface area (Å²) in [5, 5.41) is 6.92. The number of nitrogens with zero attached hydrogens (tertiary/aromatic N) is 3. The van der Waals surface area contributed by atoms with Crippen LogP contribution in [0.25, 0.3) is 10.9 Å². The lowest BCUT2D eigenvalue weighted by molar-refractivity contribution is -0.137. The van der Waals surface area contributed by atoms with Crippen LogP contribution in [0.1, 0.15) is 48.5 Å². The van der Waals surface area contributed by atoms with Crippen LogP contribution in [0.4, 0.5) is 30.6 Å². The van der Waals surface area contributed by atoms with Crippen LogP contribution < -0.4 is 16.4 Å². The van der Waals surface area contributed by atoms with E-state index in [2.05, 4.69) is 25.6 Å². The number of nitrogen functional groups attached to an aromatic ring is 1. The summed E-state index contributed by atoms with van der Waals surface area (Å²) in [6, 6.07) is 5.04. The van der Waals surface area contributed by atoms with Crippen LogP contribution in [0, 0.1) is 0 Å². The molecule has 4 rings (SSSR count). The van der Waals surface area contributed by atoms with Crippen LogP contribution in [0.3, 0.4) is 0 Å². The molecule has 3 heterocycles. The van der Waals surface area contributed by atoms with Crippen LogP contribution in [-0.2, 0) is 10.9 Å². The summed E-state index contributed by atoms with van der Waals surface area (Å²) >= 11 is 0. The molecule has 1 aliphatic rings. The Bertz CT molecular complexity index is 1110. The molecule has 4 N–H and O–H groups in total. The molecule has 0 radical (unpaired) electrons. The van der Waals surface area contributed by atoms with Gasteiger partial charge in [-0.1, -0.05) is 0 Å². The zero-order valence-electron chi connectivity index (χ0n) is 17.8. The van der Waals surface area contributed by atoms with Gasteiger partial charge in [-0.15, -0.1) is 0 Å². The topological polar surface area (TPSA) is 98.0 Å². The lowest BCUT2D eigenvalue weighted by Crippen LogP contribution is -2.16. The number of alkyl halides is 3. The number of aromatic nitrogens is 3. The third kappa shape index (κ3) is 4.69. The minimum Gasteiger partial charge on any atom is -0.399 e. The SMILES string of the molecule is CNc1nc(NC(C)c2cc(N)cc(C(F)(F)F)c2)c2cc(C3CCOCC3)ncc2n1. The van der Waals surface area contributed by atoms with Gasteiger partial charge in [0, 0.05) is 42.9 Å². The van der Waals surface area contributed by atoms with Crippen molar-refractivity contribution < 1.29 is 17.9 Å². The lowest BCUT2D eigenvalue weighted by Gasteiger charge is -2.22. The summed E-state index contributed by atoms with van der Waals surface area (Å²) in [6.45, 7) is 3.15. The molecule has 1 aliphatic heterocycles. The summed E-state index contributed by atoms with van der Waals surface area (Å²) in [5.41, 5.74) is 7.00. The fraction of sp³-hybridized carbons (Fsp3) is 0.409. The van der Waals surface area contributed by atoms with Gasteiger partial charge < -0.3 is 21.1 Å². The van der Waals surface area contributed by atoms with E-state index in [1.165, 1.54) is 6.07 Å². The Balaban J connectivity index is 1.71. The number of rotatable bonds is 5. The van der Waals surface area contributed by atoms with Crippen LogP contribution >= 0.6 is 0 Å². The maximum absolute atomic E-state index is 13.2. The zero-order valence-corrected chi connectivity index (χ0v) is 17.8. The van der Waals surface area contributed by atoms with Gasteiger partial charge in [-0.25, -0.2) is 4.98 Å². The Kier molecular flexibility index (Phi) is 6.05. The molecule has 170 valence electrons. The molecule has 3 aromatic rings. The Morgan fingerprint density at radius 3 is 2.56 bits per heavy atom. The van der Waals surface area contributed by atoms with Crippen molar-refractivity contribution in [3.05, 3.63) is 47.3 Å². The summed E-state index contributed by atoms with van der Waals surface area (Å²) in [7, 11) is 1.70. The van der Waals surface area contributed by atoms with Crippen molar-refractivity contribution in [2.45, 2.75) is 37.9 Å². The molecule has 1 aromatic carbocycles. The van der Waals surface area contributed by atoms with E-state index in [1.54, 1.807) is 20.2 Å². The van der Waals surface area contributed by atoms with Gasteiger partial charge >= 0.3 is 6.18 Å². The number of fused-ring (bicyclic) bond motifs is 1. The average molecular weight is 446 g/mol. The highest BCUT2D eigenvalue weighted by molar-refractivity contribution is 5.90. The number of nitrogens with two attached hydrogens (primary N) is 1. The highest BCUT2D eigenvalue weighted by atomic mass is 19.4. The van der Waals surface area contributed by atoms with Crippen molar-refractivity contribution in [2.24, 2.45) is 0 Å². The second-order valence-corrected chi connectivity index (χ2v) is 7.91. The number of hydrogen-bond acceptors (Lipinski definition) is 7. The highest BCUT2D eigenvalue weighted by Gasteiger charge is 2.31. The molecular formula is C22H25F3N6O. The molecule has 1 fully saturated rings. The molecule has 7 nitrogen and oxygen atoms in total.